The van der Waals surface area contributed by atoms with Gasteiger partial charge in [-0.15, -0.1) is 0 Å². The molecule has 0 aliphatic rings. The van der Waals surface area contributed by atoms with Gasteiger partial charge in [-0.05, 0) is 17.7 Å². The van der Waals surface area contributed by atoms with Gasteiger partial charge in [-0.1, -0.05) is 94.9 Å². The summed E-state index contributed by atoms with van der Waals surface area (Å²) in [7, 11) is -1.21. The lowest BCUT2D eigenvalue weighted by Crippen LogP contribution is -2.43. The lowest BCUT2D eigenvalue weighted by Gasteiger charge is -2.19. The van der Waals surface area contributed by atoms with Crippen molar-refractivity contribution in [1.29, 1.82) is 0 Å². The normalized spacial score (nSPS) is 10.6. The summed E-state index contributed by atoms with van der Waals surface area (Å²) in [5.74, 6) is -0.221. The van der Waals surface area contributed by atoms with Crippen LogP contribution in [0.3, 0.4) is 0 Å². The largest absolute Gasteiger partial charge is 0.207 e. The highest BCUT2D eigenvalue weighted by atomic mass is 28.3. The Labute approximate surface area is 132 Å². The maximum Gasteiger partial charge on any atom is 0.154 e. The smallest absolute Gasteiger partial charge is 0.154 e. The molecule has 0 saturated carbocycles. The van der Waals surface area contributed by atoms with E-state index in [0.29, 0.717) is 0 Å². The van der Waals surface area contributed by atoms with E-state index in [0.717, 1.165) is 10.8 Å². The molecule has 3 aromatic carbocycles. The van der Waals surface area contributed by atoms with Crippen LogP contribution in [0.2, 0.25) is 0 Å². The molecular weight excluding hydrogens is 287 g/mol. The van der Waals surface area contributed by atoms with Crippen molar-refractivity contribution in [3.63, 3.8) is 0 Å². The van der Waals surface area contributed by atoms with Gasteiger partial charge in [0.05, 0.1) is 0 Å². The summed E-state index contributed by atoms with van der Waals surface area (Å²) in [6.07, 6.45) is 0. The Morgan fingerprint density at radius 2 is 1.27 bits per heavy atom. The average molecular weight is 303 g/mol. The quantitative estimate of drug-likeness (QED) is 0.645. The Morgan fingerprint density at radius 3 is 1.77 bits per heavy atom. The van der Waals surface area contributed by atoms with E-state index in [2.05, 4.69) is 30.8 Å². The van der Waals surface area contributed by atoms with Crippen LogP contribution < -0.4 is 10.4 Å². The predicted molar refractivity (Wildman–Crippen MR) is 93.3 cm³/mol. The van der Waals surface area contributed by atoms with E-state index in [1.807, 2.05) is 42.5 Å². The minimum Gasteiger partial charge on any atom is -0.207 e. The summed E-state index contributed by atoms with van der Waals surface area (Å²) in [5, 5.41) is 3.52. The Balaban J connectivity index is 2.08. The van der Waals surface area contributed by atoms with E-state index < -0.39 is 8.80 Å². The average Bonchev–Trinajstić information content (AvgIpc) is 2.57. The third kappa shape index (κ3) is 3.07. The number of hydrogen-bond acceptors (Lipinski definition) is 0. The highest BCUT2D eigenvalue weighted by Gasteiger charge is 2.21. The lowest BCUT2D eigenvalue weighted by atomic mass is 10.2. The van der Waals surface area contributed by atoms with Crippen molar-refractivity contribution < 1.29 is 4.39 Å². The van der Waals surface area contributed by atoms with Crippen molar-refractivity contribution in [2.45, 2.75) is 0 Å². The first-order chi connectivity index (χ1) is 10.8. The van der Waals surface area contributed by atoms with Gasteiger partial charge < -0.3 is 0 Å². The topological polar surface area (TPSA) is 0 Å². The molecule has 0 N–H and O–H groups in total. The molecule has 107 valence electrons. The van der Waals surface area contributed by atoms with Gasteiger partial charge in [0, 0.05) is 0 Å². The van der Waals surface area contributed by atoms with Crippen molar-refractivity contribution in [3.8, 4) is 0 Å². The predicted octanol–water partition coefficient (Wildman–Crippen LogP) is 3.69. The molecule has 22 heavy (non-hydrogen) atoms. The van der Waals surface area contributed by atoms with Crippen molar-refractivity contribution >= 4 is 24.4 Å². The monoisotopic (exact) mass is 303 g/mol. The molecule has 3 rings (SSSR count). The Bertz CT molecular complexity index is 726. The van der Waals surface area contributed by atoms with E-state index >= 15 is 0 Å². The third-order valence-electron chi connectivity index (χ3n) is 3.60. The fourth-order valence-electron chi connectivity index (χ4n) is 2.55. The molecule has 0 aliphatic carbocycles. The summed E-state index contributed by atoms with van der Waals surface area (Å²) in [6.45, 7) is 4.30. The molecule has 0 amide bonds. The van der Waals surface area contributed by atoms with Crippen LogP contribution in [-0.4, -0.2) is 8.80 Å². The minimum atomic E-state index is -1.21. The highest BCUT2D eigenvalue weighted by Crippen LogP contribution is 2.17. The van der Waals surface area contributed by atoms with Crippen molar-refractivity contribution in [3.05, 3.63) is 103 Å². The van der Waals surface area contributed by atoms with E-state index in [4.69, 9.17) is 0 Å². The zero-order chi connectivity index (χ0) is 15.4. The summed E-state index contributed by atoms with van der Waals surface area (Å²) in [6, 6.07) is 27.4. The molecule has 0 aliphatic heterocycles. The van der Waals surface area contributed by atoms with Gasteiger partial charge in [0.25, 0.3) is 0 Å². The molecule has 0 bridgehead atoms. The van der Waals surface area contributed by atoms with Gasteiger partial charge in [-0.3, -0.25) is 0 Å². The molecule has 0 saturated heterocycles. The van der Waals surface area contributed by atoms with Crippen LogP contribution in [0.1, 0.15) is 5.56 Å². The summed E-state index contributed by atoms with van der Waals surface area (Å²) >= 11 is 0. The molecule has 0 unspecified atom stereocenters. The van der Waals surface area contributed by atoms with Crippen LogP contribution >= 0.6 is 0 Å². The van der Waals surface area contributed by atoms with E-state index in [1.54, 1.807) is 12.1 Å². The summed E-state index contributed by atoms with van der Waals surface area (Å²) < 4.78 is 13.6. The van der Waals surface area contributed by atoms with E-state index in [-0.39, 0.29) is 5.82 Å². The Kier molecular flexibility index (Phi) is 4.31. The van der Waals surface area contributed by atoms with Gasteiger partial charge in [0.2, 0.25) is 0 Å². The second-order valence-electron chi connectivity index (χ2n) is 5.10. The first-order valence-electron chi connectivity index (χ1n) is 7.19. The van der Waals surface area contributed by atoms with Gasteiger partial charge >= 0.3 is 0 Å². The van der Waals surface area contributed by atoms with Crippen LogP contribution in [-0.2, 0) is 0 Å². The Morgan fingerprint density at radius 1 is 0.727 bits per heavy atom. The van der Waals surface area contributed by atoms with E-state index in [9.17, 15) is 4.39 Å². The minimum absolute atomic E-state index is 0.221. The number of benzene rings is 3. The number of hydrogen-bond donors (Lipinski definition) is 0. The third-order valence-corrected chi connectivity index (χ3v) is 6.31. The first-order valence-corrected chi connectivity index (χ1v) is 8.69. The SMILES string of the molecule is C=C(c1cccc(F)c1)[Si](c1ccccc1)c1ccccc1. The van der Waals surface area contributed by atoms with Crippen LogP contribution in [0, 0.1) is 5.82 Å². The van der Waals surface area contributed by atoms with E-state index in [1.165, 1.54) is 16.4 Å². The van der Waals surface area contributed by atoms with Gasteiger partial charge in [-0.2, -0.15) is 0 Å². The fraction of sp³-hybridized carbons (Fsp3) is 0. The maximum absolute atomic E-state index is 13.6. The van der Waals surface area contributed by atoms with Crippen molar-refractivity contribution in [2.75, 3.05) is 0 Å². The molecular formula is C20H16FSi. The molecule has 0 spiro atoms. The zero-order valence-electron chi connectivity index (χ0n) is 12.2. The summed E-state index contributed by atoms with van der Waals surface area (Å²) in [4.78, 5) is 0. The van der Waals surface area contributed by atoms with Crippen LogP contribution in [0.4, 0.5) is 4.39 Å². The molecule has 2 heteroatoms. The highest BCUT2D eigenvalue weighted by molar-refractivity contribution is 6.99. The lowest BCUT2D eigenvalue weighted by molar-refractivity contribution is 0.627. The van der Waals surface area contributed by atoms with Crippen molar-refractivity contribution in [2.24, 2.45) is 0 Å². The standard InChI is InChI=1S/C20H16FSi/c1-16(17-9-8-10-18(21)15-17)22(19-11-4-2-5-12-19)20-13-6-3-7-14-20/h2-15H,1H2. The van der Waals surface area contributed by atoms with Crippen LogP contribution in [0.25, 0.3) is 5.20 Å². The number of halogens is 1. The van der Waals surface area contributed by atoms with Crippen LogP contribution in [0.15, 0.2) is 91.5 Å². The molecule has 0 aromatic heterocycles. The fourth-order valence-corrected chi connectivity index (χ4v) is 5.07. The van der Waals surface area contributed by atoms with Crippen molar-refractivity contribution in [1.82, 2.24) is 0 Å². The molecule has 0 nitrogen and oxygen atoms in total. The van der Waals surface area contributed by atoms with Gasteiger partial charge in [0.1, 0.15) is 5.82 Å². The molecule has 0 atom stereocenters. The zero-order valence-corrected chi connectivity index (χ0v) is 13.2. The number of rotatable bonds is 4. The molecule has 0 fully saturated rings. The first kappa shape index (κ1) is 14.5. The second kappa shape index (κ2) is 6.54. The Hall–Kier alpha value is -2.45. The summed E-state index contributed by atoms with van der Waals surface area (Å²) in [5.41, 5.74) is 0.876. The molecule has 3 aromatic rings. The molecule has 1 radical (unpaired) electrons. The maximum atomic E-state index is 13.6. The second-order valence-corrected chi connectivity index (χ2v) is 7.60. The van der Waals surface area contributed by atoms with Gasteiger partial charge in [-0.25, -0.2) is 4.39 Å². The molecule has 0 heterocycles. The van der Waals surface area contributed by atoms with Gasteiger partial charge in [0.15, 0.2) is 8.80 Å². The van der Waals surface area contributed by atoms with Crippen LogP contribution in [0.5, 0.6) is 0 Å².